The predicted octanol–water partition coefficient (Wildman–Crippen LogP) is 2.09. The van der Waals surface area contributed by atoms with E-state index in [4.69, 9.17) is 0 Å². The van der Waals surface area contributed by atoms with Gasteiger partial charge in [-0.1, -0.05) is 0 Å². The molecule has 2 radical (unpaired) electrons. The summed E-state index contributed by atoms with van der Waals surface area (Å²) in [5.41, 5.74) is 1.42. The number of hydrogen-bond donors (Lipinski definition) is 0. The van der Waals surface area contributed by atoms with Crippen molar-refractivity contribution >= 4 is 23.0 Å². The SMILES string of the molecule is C[C](C)([Sb])c1ccccc1. The van der Waals surface area contributed by atoms with Crippen LogP contribution in [-0.4, -0.2) is 23.0 Å². The molecule has 0 aliphatic rings. The Morgan fingerprint density at radius 1 is 1.10 bits per heavy atom. The van der Waals surface area contributed by atoms with Crippen molar-refractivity contribution in [3.05, 3.63) is 35.9 Å². The van der Waals surface area contributed by atoms with Gasteiger partial charge in [-0.2, -0.15) is 0 Å². The molecule has 0 saturated carbocycles. The van der Waals surface area contributed by atoms with Crippen LogP contribution in [0.3, 0.4) is 0 Å². The summed E-state index contributed by atoms with van der Waals surface area (Å²) in [6, 6.07) is 10.6. The van der Waals surface area contributed by atoms with Crippen molar-refractivity contribution in [2.24, 2.45) is 0 Å². The Bertz CT molecular complexity index is 196. The number of benzene rings is 1. The number of hydrogen-bond acceptors (Lipinski definition) is 0. The van der Waals surface area contributed by atoms with Crippen LogP contribution in [0.15, 0.2) is 30.3 Å². The molecular weight excluding hydrogens is 230 g/mol. The van der Waals surface area contributed by atoms with Gasteiger partial charge in [-0.25, -0.2) is 0 Å². The zero-order chi connectivity index (χ0) is 7.61. The van der Waals surface area contributed by atoms with Gasteiger partial charge in [-0.3, -0.25) is 0 Å². The molecule has 0 saturated heterocycles. The molecule has 0 unspecified atom stereocenters. The van der Waals surface area contributed by atoms with Crippen molar-refractivity contribution in [3.63, 3.8) is 0 Å². The Balaban J connectivity index is 2.97. The predicted molar refractivity (Wildman–Crippen MR) is 45.2 cm³/mol. The fourth-order valence-electron chi connectivity index (χ4n) is 0.846. The van der Waals surface area contributed by atoms with E-state index < -0.39 is 0 Å². The van der Waals surface area contributed by atoms with Gasteiger partial charge in [0.15, 0.2) is 0 Å². The van der Waals surface area contributed by atoms with E-state index in [0.29, 0.717) is 3.36 Å². The zero-order valence-electron chi connectivity index (χ0n) is 6.33. The van der Waals surface area contributed by atoms with Gasteiger partial charge >= 0.3 is 76.1 Å². The van der Waals surface area contributed by atoms with E-state index >= 15 is 0 Å². The van der Waals surface area contributed by atoms with E-state index in [9.17, 15) is 0 Å². The summed E-state index contributed by atoms with van der Waals surface area (Å²) in [7, 11) is 0. The van der Waals surface area contributed by atoms with Crippen LogP contribution in [0.1, 0.15) is 19.4 Å². The molecule has 0 atom stereocenters. The molecule has 0 nitrogen and oxygen atoms in total. The molecule has 0 aliphatic heterocycles. The first kappa shape index (κ1) is 8.14. The quantitative estimate of drug-likeness (QED) is 0.660. The summed E-state index contributed by atoms with van der Waals surface area (Å²) in [6.45, 7) is 4.49. The fourth-order valence-corrected chi connectivity index (χ4v) is 1.27. The van der Waals surface area contributed by atoms with E-state index in [1.54, 1.807) is 0 Å². The normalized spacial score (nSPS) is 11.5. The third kappa shape index (κ3) is 2.02. The Labute approximate surface area is 76.1 Å². The molecule has 10 heavy (non-hydrogen) atoms. The fraction of sp³-hybridized carbons (Fsp3) is 0.333. The summed E-state index contributed by atoms with van der Waals surface area (Å²) >= 11 is 1.86. The van der Waals surface area contributed by atoms with Crippen molar-refractivity contribution in [2.45, 2.75) is 17.2 Å². The summed E-state index contributed by atoms with van der Waals surface area (Å²) in [5.74, 6) is 0. The van der Waals surface area contributed by atoms with Crippen molar-refractivity contribution in [2.75, 3.05) is 0 Å². The van der Waals surface area contributed by atoms with Crippen LogP contribution >= 0.6 is 0 Å². The van der Waals surface area contributed by atoms with Crippen LogP contribution in [0, 0.1) is 0 Å². The molecule has 0 bridgehead atoms. The van der Waals surface area contributed by atoms with Crippen LogP contribution in [-0.2, 0) is 3.36 Å². The summed E-state index contributed by atoms with van der Waals surface area (Å²) in [6.07, 6.45) is 0. The van der Waals surface area contributed by atoms with Gasteiger partial charge in [0, 0.05) is 0 Å². The first-order valence-corrected chi connectivity index (χ1v) is 4.66. The molecule has 1 rings (SSSR count). The second-order valence-corrected chi connectivity index (χ2v) is 6.12. The van der Waals surface area contributed by atoms with Gasteiger partial charge in [0.2, 0.25) is 0 Å². The van der Waals surface area contributed by atoms with E-state index in [1.165, 1.54) is 5.56 Å². The van der Waals surface area contributed by atoms with Crippen LogP contribution in [0.2, 0.25) is 0 Å². The van der Waals surface area contributed by atoms with Gasteiger partial charge in [-0.05, 0) is 0 Å². The first-order chi connectivity index (χ1) is 4.61. The molecule has 0 heterocycles. The van der Waals surface area contributed by atoms with Gasteiger partial charge in [0.25, 0.3) is 0 Å². The van der Waals surface area contributed by atoms with E-state index in [0.717, 1.165) is 0 Å². The monoisotopic (exact) mass is 240 g/mol. The molecule has 0 fully saturated rings. The molecule has 1 heteroatoms. The molecular formula is C9H11Sb. The van der Waals surface area contributed by atoms with Crippen molar-refractivity contribution < 1.29 is 0 Å². The van der Waals surface area contributed by atoms with Crippen LogP contribution in [0.5, 0.6) is 0 Å². The third-order valence-corrected chi connectivity index (χ3v) is 2.22. The topological polar surface area (TPSA) is 0 Å². The second-order valence-electron chi connectivity index (χ2n) is 2.93. The van der Waals surface area contributed by atoms with Gasteiger partial charge < -0.3 is 0 Å². The van der Waals surface area contributed by atoms with E-state index in [1.807, 2.05) is 23.0 Å². The molecule has 52 valence electrons. The molecule has 0 amide bonds. The van der Waals surface area contributed by atoms with Crippen LogP contribution in [0.4, 0.5) is 0 Å². The summed E-state index contributed by atoms with van der Waals surface area (Å²) in [5, 5.41) is 0. The van der Waals surface area contributed by atoms with E-state index in [2.05, 4.69) is 44.2 Å². The average molecular weight is 241 g/mol. The molecule has 1 aromatic carbocycles. The van der Waals surface area contributed by atoms with Gasteiger partial charge in [0.05, 0.1) is 0 Å². The maximum absolute atomic E-state index is 2.25. The third-order valence-electron chi connectivity index (χ3n) is 1.48. The minimum absolute atomic E-state index is 0.343. The Morgan fingerprint density at radius 2 is 1.60 bits per heavy atom. The maximum atomic E-state index is 2.25. The van der Waals surface area contributed by atoms with Crippen LogP contribution in [0.25, 0.3) is 0 Å². The zero-order valence-corrected chi connectivity index (χ0v) is 8.89. The van der Waals surface area contributed by atoms with Crippen molar-refractivity contribution in [1.82, 2.24) is 0 Å². The summed E-state index contributed by atoms with van der Waals surface area (Å²) < 4.78 is 0.343. The Morgan fingerprint density at radius 3 is 1.90 bits per heavy atom. The molecule has 1 aromatic rings. The molecule has 0 aliphatic carbocycles. The second kappa shape index (κ2) is 2.96. The average Bonchev–Trinajstić information content (AvgIpc) is 1.88. The number of rotatable bonds is 1. The first-order valence-electron chi connectivity index (χ1n) is 3.38. The Hall–Kier alpha value is 0.0382. The summed E-state index contributed by atoms with van der Waals surface area (Å²) in [4.78, 5) is 0. The van der Waals surface area contributed by atoms with Crippen molar-refractivity contribution in [1.29, 1.82) is 0 Å². The minimum atomic E-state index is 0.343. The van der Waals surface area contributed by atoms with Gasteiger partial charge in [0.1, 0.15) is 0 Å². The van der Waals surface area contributed by atoms with Crippen molar-refractivity contribution in [3.8, 4) is 0 Å². The molecule has 0 N–H and O–H groups in total. The Kier molecular flexibility index (Phi) is 2.41. The molecule has 0 aromatic heterocycles. The van der Waals surface area contributed by atoms with Crippen LogP contribution < -0.4 is 0 Å². The standard InChI is InChI=1S/C9H11.Sb/c1-8(2)9-6-4-3-5-7-9;/h3-7H,1-2H3;. The van der Waals surface area contributed by atoms with E-state index in [-0.39, 0.29) is 0 Å². The van der Waals surface area contributed by atoms with Gasteiger partial charge in [-0.15, -0.1) is 0 Å². The molecule has 0 spiro atoms.